The molecule has 0 bridgehead atoms. The Morgan fingerprint density at radius 1 is 1.11 bits per heavy atom. The van der Waals surface area contributed by atoms with Gasteiger partial charge in [0.15, 0.2) is 0 Å². The van der Waals surface area contributed by atoms with Crippen molar-refractivity contribution in [2.24, 2.45) is 0 Å². The number of aromatic nitrogens is 3. The van der Waals surface area contributed by atoms with Gasteiger partial charge in [-0.3, -0.25) is 14.7 Å². The minimum Gasteiger partial charge on any atom is -0.379 e. The predicted molar refractivity (Wildman–Crippen MR) is 105 cm³/mol. The molecule has 1 N–H and O–H groups in total. The lowest BCUT2D eigenvalue weighted by molar-refractivity contribution is 0.0161. The zero-order chi connectivity index (χ0) is 19.2. The van der Waals surface area contributed by atoms with Crippen molar-refractivity contribution >= 4 is 5.91 Å². The van der Waals surface area contributed by atoms with Crippen molar-refractivity contribution in [1.29, 1.82) is 0 Å². The topological polar surface area (TPSA) is 72.3 Å². The molecule has 2 aromatic heterocycles. The van der Waals surface area contributed by atoms with Crippen LogP contribution in [-0.2, 0) is 4.74 Å². The van der Waals surface area contributed by atoms with Gasteiger partial charge in [0.05, 0.1) is 36.7 Å². The van der Waals surface area contributed by atoms with E-state index < -0.39 is 0 Å². The number of rotatable bonds is 6. The van der Waals surface area contributed by atoms with E-state index in [0.717, 1.165) is 24.3 Å². The van der Waals surface area contributed by atoms with E-state index in [1.54, 1.807) is 23.3 Å². The first-order valence-corrected chi connectivity index (χ1v) is 9.41. The summed E-state index contributed by atoms with van der Waals surface area (Å²) in [5.41, 5.74) is 2.54. The van der Waals surface area contributed by atoms with Crippen molar-refractivity contribution in [2.75, 3.05) is 32.8 Å². The van der Waals surface area contributed by atoms with Gasteiger partial charge in [0.2, 0.25) is 0 Å². The van der Waals surface area contributed by atoms with Crippen molar-refractivity contribution in [3.05, 3.63) is 78.4 Å². The van der Waals surface area contributed by atoms with Gasteiger partial charge in [0.1, 0.15) is 0 Å². The van der Waals surface area contributed by atoms with E-state index in [9.17, 15) is 4.79 Å². The van der Waals surface area contributed by atoms with Crippen molar-refractivity contribution in [2.45, 2.75) is 6.04 Å². The van der Waals surface area contributed by atoms with E-state index in [4.69, 9.17) is 4.74 Å². The molecule has 0 saturated carbocycles. The average molecular weight is 377 g/mol. The maximum absolute atomic E-state index is 12.7. The Balaban J connectivity index is 1.45. The molecule has 0 radical (unpaired) electrons. The lowest BCUT2D eigenvalue weighted by Crippen LogP contribution is -2.43. The van der Waals surface area contributed by atoms with Crippen LogP contribution in [0.4, 0.5) is 0 Å². The smallest absolute Gasteiger partial charge is 0.254 e. The van der Waals surface area contributed by atoms with Gasteiger partial charge in [-0.05, 0) is 23.8 Å². The van der Waals surface area contributed by atoms with Crippen LogP contribution in [0.15, 0.2) is 67.3 Å². The molecule has 1 aliphatic rings. The molecule has 3 heterocycles. The molecular weight excluding hydrogens is 354 g/mol. The van der Waals surface area contributed by atoms with Crippen LogP contribution in [0.1, 0.15) is 22.0 Å². The molecule has 7 heteroatoms. The molecule has 1 unspecified atom stereocenters. The van der Waals surface area contributed by atoms with Crippen LogP contribution in [0.2, 0.25) is 0 Å². The van der Waals surface area contributed by atoms with Crippen LogP contribution in [-0.4, -0.2) is 58.4 Å². The first kappa shape index (κ1) is 18.3. The SMILES string of the molecule is O=C(NCC(c1cccnc1)N1CCOCC1)c1cnn(-c2ccccc2)c1. The monoisotopic (exact) mass is 377 g/mol. The van der Waals surface area contributed by atoms with Crippen molar-refractivity contribution in [1.82, 2.24) is 25.0 Å². The normalized spacial score (nSPS) is 15.9. The molecular formula is C21H23N5O2. The highest BCUT2D eigenvalue weighted by Gasteiger charge is 2.23. The number of para-hydroxylation sites is 1. The first-order valence-electron chi connectivity index (χ1n) is 9.41. The molecule has 7 nitrogen and oxygen atoms in total. The Morgan fingerprint density at radius 3 is 2.68 bits per heavy atom. The molecule has 1 atom stereocenters. The zero-order valence-corrected chi connectivity index (χ0v) is 15.6. The molecule has 1 aromatic carbocycles. The lowest BCUT2D eigenvalue weighted by Gasteiger charge is -2.34. The van der Waals surface area contributed by atoms with Gasteiger partial charge in [0.25, 0.3) is 5.91 Å². The van der Waals surface area contributed by atoms with Crippen molar-refractivity contribution in [3.8, 4) is 5.69 Å². The fourth-order valence-electron chi connectivity index (χ4n) is 3.37. The third-order valence-electron chi connectivity index (χ3n) is 4.88. The summed E-state index contributed by atoms with van der Waals surface area (Å²) in [5, 5.41) is 7.36. The summed E-state index contributed by atoms with van der Waals surface area (Å²) < 4.78 is 7.17. The lowest BCUT2D eigenvalue weighted by atomic mass is 10.1. The maximum atomic E-state index is 12.7. The van der Waals surface area contributed by atoms with Crippen LogP contribution in [0.3, 0.4) is 0 Å². The summed E-state index contributed by atoms with van der Waals surface area (Å²) in [6, 6.07) is 13.8. The number of hydrogen-bond acceptors (Lipinski definition) is 5. The molecule has 3 aromatic rings. The summed E-state index contributed by atoms with van der Waals surface area (Å²) >= 11 is 0. The van der Waals surface area contributed by atoms with Gasteiger partial charge in [-0.15, -0.1) is 0 Å². The van der Waals surface area contributed by atoms with E-state index in [1.165, 1.54) is 0 Å². The van der Waals surface area contributed by atoms with Crippen LogP contribution < -0.4 is 5.32 Å². The highest BCUT2D eigenvalue weighted by atomic mass is 16.5. The molecule has 1 aliphatic heterocycles. The Labute approximate surface area is 164 Å². The predicted octanol–water partition coefficient (Wildman–Crippen LogP) is 2.07. The Kier molecular flexibility index (Phi) is 5.75. The molecule has 1 amide bonds. The summed E-state index contributed by atoms with van der Waals surface area (Å²) in [6.07, 6.45) is 6.96. The fraction of sp³-hybridized carbons (Fsp3) is 0.286. The number of amides is 1. The summed E-state index contributed by atoms with van der Waals surface area (Å²) in [6.45, 7) is 3.58. The van der Waals surface area contributed by atoms with Gasteiger partial charge >= 0.3 is 0 Å². The number of ether oxygens (including phenoxy) is 1. The van der Waals surface area contributed by atoms with Gasteiger partial charge in [0, 0.05) is 38.2 Å². The van der Waals surface area contributed by atoms with E-state index in [0.29, 0.717) is 25.3 Å². The maximum Gasteiger partial charge on any atom is 0.254 e. The number of nitrogens with one attached hydrogen (secondary N) is 1. The second-order valence-corrected chi connectivity index (χ2v) is 6.67. The van der Waals surface area contributed by atoms with E-state index in [2.05, 4.69) is 20.3 Å². The van der Waals surface area contributed by atoms with Gasteiger partial charge < -0.3 is 10.1 Å². The van der Waals surface area contributed by atoms with Gasteiger partial charge in [-0.2, -0.15) is 5.10 Å². The van der Waals surface area contributed by atoms with Crippen LogP contribution in [0, 0.1) is 0 Å². The second-order valence-electron chi connectivity index (χ2n) is 6.67. The van der Waals surface area contributed by atoms with Crippen molar-refractivity contribution in [3.63, 3.8) is 0 Å². The average Bonchev–Trinajstić information content (AvgIpc) is 3.26. The molecule has 28 heavy (non-hydrogen) atoms. The minimum atomic E-state index is -0.135. The second kappa shape index (κ2) is 8.77. The van der Waals surface area contributed by atoms with E-state index in [-0.39, 0.29) is 11.9 Å². The zero-order valence-electron chi connectivity index (χ0n) is 15.6. The largest absolute Gasteiger partial charge is 0.379 e. The van der Waals surface area contributed by atoms with Gasteiger partial charge in [-0.1, -0.05) is 24.3 Å². The Morgan fingerprint density at radius 2 is 1.93 bits per heavy atom. The molecule has 0 spiro atoms. The summed E-state index contributed by atoms with van der Waals surface area (Å²) in [4.78, 5) is 19.3. The quantitative estimate of drug-likeness (QED) is 0.712. The van der Waals surface area contributed by atoms with Crippen LogP contribution >= 0.6 is 0 Å². The number of morpholine rings is 1. The molecule has 1 saturated heterocycles. The third-order valence-corrected chi connectivity index (χ3v) is 4.88. The Hall–Kier alpha value is -3.03. The highest BCUT2D eigenvalue weighted by Crippen LogP contribution is 2.20. The van der Waals surface area contributed by atoms with Gasteiger partial charge in [-0.25, -0.2) is 4.68 Å². The number of hydrogen-bond donors (Lipinski definition) is 1. The number of pyridine rings is 1. The number of carbonyl (C=O) groups excluding carboxylic acids is 1. The minimum absolute atomic E-state index is 0.0609. The number of carbonyl (C=O) groups is 1. The van der Waals surface area contributed by atoms with E-state index >= 15 is 0 Å². The molecule has 0 aliphatic carbocycles. The summed E-state index contributed by atoms with van der Waals surface area (Å²) in [7, 11) is 0. The first-order chi connectivity index (χ1) is 13.8. The fourth-order valence-corrected chi connectivity index (χ4v) is 3.37. The van der Waals surface area contributed by atoms with Crippen LogP contribution in [0.25, 0.3) is 5.69 Å². The summed E-state index contributed by atoms with van der Waals surface area (Å²) in [5.74, 6) is -0.135. The Bertz CT molecular complexity index is 891. The number of benzene rings is 1. The molecule has 144 valence electrons. The highest BCUT2D eigenvalue weighted by molar-refractivity contribution is 5.93. The van der Waals surface area contributed by atoms with E-state index in [1.807, 2.05) is 48.7 Å². The molecule has 1 fully saturated rings. The third kappa shape index (κ3) is 4.27. The number of nitrogens with zero attached hydrogens (tertiary/aromatic N) is 4. The standard InChI is InChI=1S/C21H23N5O2/c27-21(18-14-24-26(16-18)19-6-2-1-3-7-19)23-15-20(17-5-4-8-22-13-17)25-9-11-28-12-10-25/h1-8,13-14,16,20H,9-12,15H2,(H,23,27). The van der Waals surface area contributed by atoms with Crippen LogP contribution in [0.5, 0.6) is 0 Å². The molecule has 4 rings (SSSR count). The van der Waals surface area contributed by atoms with Crippen molar-refractivity contribution < 1.29 is 9.53 Å².